The zero-order valence-corrected chi connectivity index (χ0v) is 18.3. The van der Waals surface area contributed by atoms with E-state index in [9.17, 15) is 22.4 Å². The van der Waals surface area contributed by atoms with Crippen LogP contribution in [0.3, 0.4) is 0 Å². The fraction of sp³-hybridized carbons (Fsp3) is 0.130. The van der Waals surface area contributed by atoms with Crippen LogP contribution in [0.4, 0.5) is 21.5 Å². The molecule has 1 aliphatic rings. The molecule has 0 spiro atoms. The third-order valence-electron chi connectivity index (χ3n) is 5.13. The predicted molar refractivity (Wildman–Crippen MR) is 121 cm³/mol. The molecule has 0 bridgehead atoms. The van der Waals surface area contributed by atoms with E-state index in [1.54, 1.807) is 24.3 Å². The molecule has 3 aromatic carbocycles. The number of halogens is 1. The second-order valence-corrected chi connectivity index (χ2v) is 9.04. The minimum absolute atomic E-state index is 0.0740. The SMILES string of the molecule is COc1ccccc1NS(=O)(=O)c1cccc(NC(=O)[C@H]2CC(=O)Nc3cc(F)ccc32)c1. The average Bonchev–Trinajstić information content (AvgIpc) is 2.78. The Morgan fingerprint density at radius 3 is 2.67 bits per heavy atom. The van der Waals surface area contributed by atoms with E-state index in [-0.39, 0.29) is 28.4 Å². The molecule has 3 N–H and O–H groups in total. The fourth-order valence-electron chi connectivity index (χ4n) is 3.57. The van der Waals surface area contributed by atoms with Crippen molar-refractivity contribution in [2.75, 3.05) is 22.5 Å². The summed E-state index contributed by atoms with van der Waals surface area (Å²) in [4.78, 5) is 24.9. The number of fused-ring (bicyclic) bond motifs is 1. The Labute approximate surface area is 189 Å². The number of ether oxygens (including phenoxy) is 1. The van der Waals surface area contributed by atoms with Crippen LogP contribution >= 0.6 is 0 Å². The van der Waals surface area contributed by atoms with E-state index >= 15 is 0 Å². The van der Waals surface area contributed by atoms with E-state index in [0.717, 1.165) is 6.07 Å². The molecule has 1 atom stereocenters. The molecule has 0 saturated heterocycles. The van der Waals surface area contributed by atoms with Gasteiger partial charge in [0, 0.05) is 17.8 Å². The van der Waals surface area contributed by atoms with Crippen molar-refractivity contribution >= 4 is 38.9 Å². The first kappa shape index (κ1) is 22.3. The number of carbonyl (C=O) groups excluding carboxylic acids is 2. The van der Waals surface area contributed by atoms with Crippen molar-refractivity contribution in [3.05, 3.63) is 78.1 Å². The molecule has 3 aromatic rings. The molecule has 1 heterocycles. The molecule has 33 heavy (non-hydrogen) atoms. The van der Waals surface area contributed by atoms with E-state index in [1.165, 1.54) is 43.5 Å². The van der Waals surface area contributed by atoms with Crippen LogP contribution in [0.5, 0.6) is 5.75 Å². The van der Waals surface area contributed by atoms with Crippen molar-refractivity contribution in [2.45, 2.75) is 17.2 Å². The number of anilines is 3. The molecule has 170 valence electrons. The highest BCUT2D eigenvalue weighted by Crippen LogP contribution is 2.34. The van der Waals surface area contributed by atoms with Gasteiger partial charge in [0.05, 0.1) is 23.6 Å². The second-order valence-electron chi connectivity index (χ2n) is 7.36. The minimum Gasteiger partial charge on any atom is -0.495 e. The third kappa shape index (κ3) is 4.80. The molecular formula is C23H20FN3O5S. The summed E-state index contributed by atoms with van der Waals surface area (Å²) in [6.45, 7) is 0. The van der Waals surface area contributed by atoms with Crippen LogP contribution in [0.15, 0.2) is 71.6 Å². The van der Waals surface area contributed by atoms with Gasteiger partial charge in [0.1, 0.15) is 11.6 Å². The Morgan fingerprint density at radius 1 is 1.09 bits per heavy atom. The van der Waals surface area contributed by atoms with Gasteiger partial charge in [-0.3, -0.25) is 14.3 Å². The van der Waals surface area contributed by atoms with Crippen LogP contribution in [-0.4, -0.2) is 27.3 Å². The first-order chi connectivity index (χ1) is 15.8. The number of rotatable bonds is 6. The van der Waals surface area contributed by atoms with Gasteiger partial charge in [-0.2, -0.15) is 0 Å². The van der Waals surface area contributed by atoms with Gasteiger partial charge in [-0.15, -0.1) is 0 Å². The number of methoxy groups -OCH3 is 1. The monoisotopic (exact) mass is 469 g/mol. The van der Waals surface area contributed by atoms with Crippen LogP contribution in [0.1, 0.15) is 17.9 Å². The molecule has 1 aliphatic heterocycles. The van der Waals surface area contributed by atoms with E-state index in [0.29, 0.717) is 11.3 Å². The number of sulfonamides is 1. The molecule has 4 rings (SSSR count). The summed E-state index contributed by atoms with van der Waals surface area (Å²) in [6.07, 6.45) is -0.113. The molecular weight excluding hydrogens is 449 g/mol. The molecule has 0 unspecified atom stereocenters. The van der Waals surface area contributed by atoms with E-state index < -0.39 is 33.6 Å². The maximum Gasteiger partial charge on any atom is 0.262 e. The molecule has 2 amide bonds. The zero-order valence-electron chi connectivity index (χ0n) is 17.5. The van der Waals surface area contributed by atoms with E-state index in [2.05, 4.69) is 15.4 Å². The number of amides is 2. The summed E-state index contributed by atoms with van der Waals surface area (Å²) in [7, 11) is -2.55. The minimum atomic E-state index is -3.98. The van der Waals surface area contributed by atoms with Crippen LogP contribution in [0.25, 0.3) is 0 Å². The van der Waals surface area contributed by atoms with Gasteiger partial charge in [0.25, 0.3) is 10.0 Å². The van der Waals surface area contributed by atoms with Crippen LogP contribution < -0.4 is 20.1 Å². The zero-order chi connectivity index (χ0) is 23.6. The van der Waals surface area contributed by atoms with Gasteiger partial charge in [-0.1, -0.05) is 24.3 Å². The molecule has 0 aromatic heterocycles. The largest absolute Gasteiger partial charge is 0.495 e. The summed E-state index contributed by atoms with van der Waals surface area (Å²) < 4.78 is 46.9. The lowest BCUT2D eigenvalue weighted by atomic mass is 9.89. The van der Waals surface area contributed by atoms with Gasteiger partial charge in [0.15, 0.2) is 0 Å². The molecule has 0 fully saturated rings. The molecule has 10 heteroatoms. The van der Waals surface area contributed by atoms with Crippen LogP contribution in [-0.2, 0) is 19.6 Å². The Morgan fingerprint density at radius 2 is 1.88 bits per heavy atom. The third-order valence-corrected chi connectivity index (χ3v) is 6.50. The number of hydrogen-bond acceptors (Lipinski definition) is 5. The number of hydrogen-bond donors (Lipinski definition) is 3. The van der Waals surface area contributed by atoms with Crippen molar-refractivity contribution in [3.8, 4) is 5.75 Å². The maximum atomic E-state index is 13.5. The number of nitrogens with one attached hydrogen (secondary N) is 3. The Kier molecular flexibility index (Phi) is 6.01. The van der Waals surface area contributed by atoms with Crippen molar-refractivity contribution < 1.29 is 27.1 Å². The highest BCUT2D eigenvalue weighted by atomic mass is 32.2. The normalized spacial score (nSPS) is 15.2. The smallest absolute Gasteiger partial charge is 0.262 e. The van der Waals surface area contributed by atoms with Crippen LogP contribution in [0, 0.1) is 5.82 Å². The maximum absolute atomic E-state index is 13.5. The van der Waals surface area contributed by atoms with Crippen molar-refractivity contribution in [3.63, 3.8) is 0 Å². The highest BCUT2D eigenvalue weighted by Gasteiger charge is 2.31. The second kappa shape index (κ2) is 8.91. The van der Waals surface area contributed by atoms with Crippen molar-refractivity contribution in [2.24, 2.45) is 0 Å². The number of carbonyl (C=O) groups is 2. The Bertz CT molecular complexity index is 1340. The summed E-state index contributed by atoms with van der Waals surface area (Å²) in [5, 5.41) is 5.21. The lowest BCUT2D eigenvalue weighted by Crippen LogP contribution is -2.31. The predicted octanol–water partition coefficient (Wildman–Crippen LogP) is 3.70. The summed E-state index contributed by atoms with van der Waals surface area (Å²) in [5.41, 5.74) is 1.22. The van der Waals surface area contributed by atoms with Gasteiger partial charge in [0.2, 0.25) is 11.8 Å². The number of para-hydroxylation sites is 2. The first-order valence-corrected chi connectivity index (χ1v) is 11.4. The topological polar surface area (TPSA) is 114 Å². The van der Waals surface area contributed by atoms with Crippen LogP contribution in [0.2, 0.25) is 0 Å². The Balaban J connectivity index is 1.56. The highest BCUT2D eigenvalue weighted by molar-refractivity contribution is 7.92. The molecule has 0 radical (unpaired) electrons. The Hall–Kier alpha value is -3.92. The lowest BCUT2D eigenvalue weighted by Gasteiger charge is -2.25. The van der Waals surface area contributed by atoms with Crippen molar-refractivity contribution in [1.82, 2.24) is 0 Å². The quantitative estimate of drug-likeness (QED) is 0.510. The standard InChI is InChI=1S/C23H20FN3O5S/c1-32-21-8-3-2-7-19(21)27-33(30,31)16-6-4-5-15(12-16)25-23(29)18-13-22(28)26-20-11-14(24)9-10-17(18)20/h2-12,18,27H,13H2,1H3,(H,25,29)(H,26,28)/t18-/m0/s1. The average molecular weight is 469 g/mol. The molecule has 0 aliphatic carbocycles. The van der Waals surface area contributed by atoms with Gasteiger partial charge < -0.3 is 15.4 Å². The summed E-state index contributed by atoms with van der Waals surface area (Å²) in [6, 6.07) is 16.1. The molecule has 8 nitrogen and oxygen atoms in total. The molecule has 0 saturated carbocycles. The number of benzene rings is 3. The fourth-order valence-corrected chi connectivity index (χ4v) is 4.69. The summed E-state index contributed by atoms with van der Waals surface area (Å²) in [5.74, 6) is -1.94. The van der Waals surface area contributed by atoms with Gasteiger partial charge in [-0.25, -0.2) is 12.8 Å². The van der Waals surface area contributed by atoms with E-state index in [1.807, 2.05) is 0 Å². The van der Waals surface area contributed by atoms with Crippen molar-refractivity contribution in [1.29, 1.82) is 0 Å². The summed E-state index contributed by atoms with van der Waals surface area (Å²) >= 11 is 0. The van der Waals surface area contributed by atoms with Gasteiger partial charge in [-0.05, 0) is 48.0 Å². The first-order valence-electron chi connectivity index (χ1n) is 9.93. The van der Waals surface area contributed by atoms with Gasteiger partial charge >= 0.3 is 0 Å². The van der Waals surface area contributed by atoms with E-state index in [4.69, 9.17) is 4.74 Å². The lowest BCUT2D eigenvalue weighted by molar-refractivity contribution is -0.123.